The van der Waals surface area contributed by atoms with Gasteiger partial charge in [0.2, 0.25) is 0 Å². The van der Waals surface area contributed by atoms with Gasteiger partial charge in [-0.15, -0.1) is 0 Å². The molecule has 0 spiro atoms. The Bertz CT molecular complexity index is 1040. The monoisotopic (exact) mass is 350 g/mol. The average molecular weight is 350 g/mol. The average Bonchev–Trinajstić information content (AvgIpc) is 2.63. The number of hydrogen-bond donors (Lipinski definition) is 4. The third kappa shape index (κ3) is 3.18. The molecule has 0 saturated carbocycles. The van der Waals surface area contributed by atoms with Crippen molar-refractivity contribution >= 4 is 34.6 Å². The zero-order valence-corrected chi connectivity index (χ0v) is 13.4. The number of aromatic hydroxyl groups is 1. The maximum Gasteiger partial charge on any atom is 0.339 e. The van der Waals surface area contributed by atoms with Crippen LogP contribution in [-0.4, -0.2) is 33.5 Å². The van der Waals surface area contributed by atoms with Crippen LogP contribution in [0.4, 0.5) is 5.69 Å². The molecule has 3 rings (SSSR count). The van der Waals surface area contributed by atoms with Crippen LogP contribution in [0.25, 0.3) is 10.8 Å². The lowest BCUT2D eigenvalue weighted by Gasteiger charge is -2.09. The highest BCUT2D eigenvalue weighted by Crippen LogP contribution is 2.30. The first-order valence-corrected chi connectivity index (χ1v) is 7.58. The number of carboxylic acid groups (broad SMARTS) is 2. The second kappa shape index (κ2) is 6.94. The number of benzene rings is 3. The molecule has 0 aromatic heterocycles. The minimum Gasteiger partial charge on any atom is -0.506 e. The van der Waals surface area contributed by atoms with Crippen molar-refractivity contribution in [3.05, 3.63) is 71.3 Å². The van der Waals surface area contributed by atoms with Crippen molar-refractivity contribution in [1.82, 2.24) is 0 Å². The Morgan fingerprint density at radius 3 is 2.31 bits per heavy atom. The van der Waals surface area contributed by atoms with Gasteiger partial charge in [-0.1, -0.05) is 36.4 Å². The van der Waals surface area contributed by atoms with Gasteiger partial charge < -0.3 is 15.3 Å². The summed E-state index contributed by atoms with van der Waals surface area (Å²) in [5.74, 6) is -2.77. The van der Waals surface area contributed by atoms with Gasteiger partial charge in [0, 0.05) is 5.56 Å². The minimum atomic E-state index is -1.26. The topological polar surface area (TPSA) is 119 Å². The molecule has 3 aromatic carbocycles. The normalized spacial score (nSPS) is 10.9. The number of hydrogen-bond acceptors (Lipinski definition) is 5. The van der Waals surface area contributed by atoms with Gasteiger partial charge in [-0.25, -0.2) is 9.59 Å². The molecular weight excluding hydrogens is 336 g/mol. The van der Waals surface area contributed by atoms with Gasteiger partial charge in [0.15, 0.2) is 0 Å². The molecular formula is C19H14N2O5. The largest absolute Gasteiger partial charge is 0.506 e. The Morgan fingerprint density at radius 2 is 1.58 bits per heavy atom. The van der Waals surface area contributed by atoms with Crippen molar-refractivity contribution in [3.8, 4) is 5.75 Å². The Hall–Kier alpha value is -3.87. The smallest absolute Gasteiger partial charge is 0.339 e. The van der Waals surface area contributed by atoms with Crippen LogP contribution in [0.2, 0.25) is 0 Å². The zero-order valence-electron chi connectivity index (χ0n) is 13.4. The highest BCUT2D eigenvalue weighted by molar-refractivity contribution is 6.08. The number of anilines is 1. The lowest BCUT2D eigenvalue weighted by molar-refractivity contribution is 0.0684. The summed E-state index contributed by atoms with van der Waals surface area (Å²) in [5, 5.41) is 34.0. The number of para-hydroxylation sites is 1. The molecule has 0 amide bonds. The summed E-state index contributed by atoms with van der Waals surface area (Å²) in [6, 6.07) is 14.6. The first-order chi connectivity index (χ1) is 12.5. The minimum absolute atomic E-state index is 0.0398. The van der Waals surface area contributed by atoms with Gasteiger partial charge in [0.1, 0.15) is 11.3 Å². The van der Waals surface area contributed by atoms with Gasteiger partial charge in [-0.2, -0.15) is 5.10 Å². The molecule has 0 atom stereocenters. The number of hydrazone groups is 1. The molecule has 0 unspecified atom stereocenters. The Labute approximate surface area is 147 Å². The van der Waals surface area contributed by atoms with Crippen LogP contribution in [0.3, 0.4) is 0 Å². The molecule has 0 aliphatic rings. The van der Waals surface area contributed by atoms with E-state index in [9.17, 15) is 19.8 Å². The van der Waals surface area contributed by atoms with Crippen LogP contribution in [-0.2, 0) is 0 Å². The number of phenols is 1. The third-order valence-electron chi connectivity index (χ3n) is 3.83. The molecule has 0 heterocycles. The molecule has 0 aliphatic carbocycles. The van der Waals surface area contributed by atoms with E-state index in [2.05, 4.69) is 10.5 Å². The highest BCUT2D eigenvalue weighted by Gasteiger charge is 2.16. The van der Waals surface area contributed by atoms with Crippen molar-refractivity contribution in [2.45, 2.75) is 0 Å². The van der Waals surface area contributed by atoms with Crippen LogP contribution in [0, 0.1) is 0 Å². The van der Waals surface area contributed by atoms with E-state index >= 15 is 0 Å². The zero-order chi connectivity index (χ0) is 18.7. The predicted octanol–water partition coefficient (Wildman–Crippen LogP) is 3.39. The van der Waals surface area contributed by atoms with Crippen molar-refractivity contribution in [3.63, 3.8) is 0 Å². The predicted molar refractivity (Wildman–Crippen MR) is 97.2 cm³/mol. The second-order valence-electron chi connectivity index (χ2n) is 5.43. The molecule has 7 nitrogen and oxygen atoms in total. The molecule has 130 valence electrons. The molecule has 0 saturated heterocycles. The number of fused-ring (bicyclic) bond motifs is 1. The first kappa shape index (κ1) is 17.0. The molecule has 26 heavy (non-hydrogen) atoms. The number of nitrogens with zero attached hydrogens (tertiary/aromatic N) is 1. The molecule has 7 heteroatoms. The Kier molecular flexibility index (Phi) is 4.53. The van der Waals surface area contributed by atoms with E-state index in [1.165, 1.54) is 18.3 Å². The van der Waals surface area contributed by atoms with E-state index in [1.54, 1.807) is 42.5 Å². The van der Waals surface area contributed by atoms with Gasteiger partial charge in [-0.3, -0.25) is 5.43 Å². The summed E-state index contributed by atoms with van der Waals surface area (Å²) in [6.45, 7) is 0. The molecule has 4 N–H and O–H groups in total. The summed E-state index contributed by atoms with van der Waals surface area (Å²) in [6.07, 6.45) is 1.27. The van der Waals surface area contributed by atoms with E-state index in [0.29, 0.717) is 10.8 Å². The Balaban J connectivity index is 2.03. The van der Waals surface area contributed by atoms with Crippen molar-refractivity contribution < 1.29 is 24.9 Å². The fraction of sp³-hybridized carbons (Fsp3) is 0. The first-order valence-electron chi connectivity index (χ1n) is 7.58. The van der Waals surface area contributed by atoms with Crippen molar-refractivity contribution in [2.24, 2.45) is 5.10 Å². The van der Waals surface area contributed by atoms with Gasteiger partial charge in [-0.05, 0) is 29.0 Å². The third-order valence-corrected chi connectivity index (χ3v) is 3.83. The van der Waals surface area contributed by atoms with E-state index in [1.807, 2.05) is 0 Å². The maximum atomic E-state index is 11.3. The lowest BCUT2D eigenvalue weighted by Crippen LogP contribution is -2.03. The van der Waals surface area contributed by atoms with Crippen LogP contribution >= 0.6 is 0 Å². The number of nitrogens with one attached hydrogen (secondary N) is 1. The standard InChI is InChI=1S/C19H14N2O5/c22-17-14(19(25)26)9-11-5-1-2-6-12(11)15(17)10-20-21-16-8-4-3-7-13(16)18(23)24/h1-10,21-22H,(H,23,24)(H,25,26)/b20-10+. The fourth-order valence-corrected chi connectivity index (χ4v) is 2.59. The van der Waals surface area contributed by atoms with Gasteiger partial charge in [0.25, 0.3) is 0 Å². The van der Waals surface area contributed by atoms with Gasteiger partial charge >= 0.3 is 11.9 Å². The van der Waals surface area contributed by atoms with Crippen LogP contribution < -0.4 is 5.43 Å². The van der Waals surface area contributed by atoms with E-state index in [4.69, 9.17) is 5.11 Å². The van der Waals surface area contributed by atoms with Crippen LogP contribution in [0.5, 0.6) is 5.75 Å². The summed E-state index contributed by atoms with van der Waals surface area (Å²) in [4.78, 5) is 22.6. The number of aromatic carboxylic acids is 2. The molecule has 0 bridgehead atoms. The molecule has 3 aromatic rings. The summed E-state index contributed by atoms with van der Waals surface area (Å²) in [7, 11) is 0. The lowest BCUT2D eigenvalue weighted by atomic mass is 10.00. The van der Waals surface area contributed by atoms with Crippen molar-refractivity contribution in [1.29, 1.82) is 0 Å². The van der Waals surface area contributed by atoms with Crippen LogP contribution in [0.1, 0.15) is 26.3 Å². The quantitative estimate of drug-likeness (QED) is 0.414. The fourth-order valence-electron chi connectivity index (χ4n) is 2.59. The second-order valence-corrected chi connectivity index (χ2v) is 5.43. The van der Waals surface area contributed by atoms with E-state index < -0.39 is 17.7 Å². The maximum absolute atomic E-state index is 11.3. The molecule has 0 radical (unpaired) electrons. The van der Waals surface area contributed by atoms with Crippen molar-refractivity contribution in [2.75, 3.05) is 5.43 Å². The van der Waals surface area contributed by atoms with Crippen LogP contribution in [0.15, 0.2) is 59.7 Å². The SMILES string of the molecule is O=C(O)c1ccccc1N/N=C/c1c(O)c(C(=O)O)cc2ccccc12. The number of carboxylic acids is 2. The molecule has 0 fully saturated rings. The summed E-state index contributed by atoms with van der Waals surface area (Å²) >= 11 is 0. The van der Waals surface area contributed by atoms with Gasteiger partial charge in [0.05, 0.1) is 17.5 Å². The number of rotatable bonds is 5. The molecule has 0 aliphatic heterocycles. The van der Waals surface area contributed by atoms with E-state index in [0.717, 1.165) is 0 Å². The summed E-state index contributed by atoms with van der Waals surface area (Å²) < 4.78 is 0. The summed E-state index contributed by atoms with van der Waals surface area (Å²) in [5.41, 5.74) is 2.91. The Morgan fingerprint density at radius 1 is 0.923 bits per heavy atom. The number of carbonyl (C=O) groups is 2. The van der Waals surface area contributed by atoms with E-state index in [-0.39, 0.29) is 22.4 Å². The highest BCUT2D eigenvalue weighted by atomic mass is 16.4.